The van der Waals surface area contributed by atoms with Gasteiger partial charge in [0.15, 0.2) is 6.10 Å². The average molecular weight is 419 g/mol. The Hall–Kier alpha value is -2.16. The fraction of sp³-hybridized carbons (Fsp3) is 0.476. The van der Waals surface area contributed by atoms with Crippen molar-refractivity contribution in [2.75, 3.05) is 6.54 Å². The third-order valence-electron chi connectivity index (χ3n) is 4.92. The summed E-state index contributed by atoms with van der Waals surface area (Å²) in [6.45, 7) is 3.58. The first-order valence-electron chi connectivity index (χ1n) is 9.59. The van der Waals surface area contributed by atoms with Crippen molar-refractivity contribution < 1.29 is 29.0 Å². The number of imide groups is 1. The molecule has 2 aliphatic heterocycles. The van der Waals surface area contributed by atoms with Crippen molar-refractivity contribution in [1.29, 1.82) is 0 Å². The summed E-state index contributed by atoms with van der Waals surface area (Å²) in [5.41, 5.74) is -1.48. The number of rotatable bonds is 7. The molecule has 1 saturated heterocycles. The molecular weight excluding hydrogens is 394 g/mol. The van der Waals surface area contributed by atoms with Crippen LogP contribution < -0.4 is 0 Å². The number of hydrogen-bond acceptors (Lipinski definition) is 7. The Bertz CT molecular complexity index is 776. The van der Waals surface area contributed by atoms with Crippen LogP contribution in [0, 0.1) is 0 Å². The third-order valence-corrected chi connectivity index (χ3v) is 6.00. The molecule has 0 radical (unpaired) electrons. The van der Waals surface area contributed by atoms with Crippen LogP contribution in [-0.2, 0) is 23.9 Å². The Balaban J connectivity index is 1.49. The maximum absolute atomic E-state index is 12.3. The fourth-order valence-corrected chi connectivity index (χ4v) is 4.76. The second kappa shape index (κ2) is 9.11. The van der Waals surface area contributed by atoms with E-state index >= 15 is 0 Å². The van der Waals surface area contributed by atoms with Crippen LogP contribution in [0.25, 0.3) is 0 Å². The van der Waals surface area contributed by atoms with Gasteiger partial charge in [-0.1, -0.05) is 30.0 Å². The summed E-state index contributed by atoms with van der Waals surface area (Å²) in [7, 11) is 0. The number of hydrogen-bond donors (Lipinski definition) is 1. The summed E-state index contributed by atoms with van der Waals surface area (Å²) in [6.07, 6.45) is 1.81. The minimum atomic E-state index is -1.23. The lowest BCUT2D eigenvalue weighted by Gasteiger charge is -2.43. The summed E-state index contributed by atoms with van der Waals surface area (Å²) in [4.78, 5) is 37.4. The van der Waals surface area contributed by atoms with Gasteiger partial charge in [-0.25, -0.2) is 0 Å². The molecule has 156 valence electrons. The van der Waals surface area contributed by atoms with Gasteiger partial charge < -0.3 is 14.6 Å². The summed E-state index contributed by atoms with van der Waals surface area (Å²) in [5.74, 6) is -1.24. The molecule has 4 atom stereocenters. The van der Waals surface area contributed by atoms with Crippen molar-refractivity contribution in [3.05, 3.63) is 42.5 Å². The maximum Gasteiger partial charge on any atom is 0.306 e. The fourth-order valence-electron chi connectivity index (χ4n) is 3.49. The highest BCUT2D eigenvalue weighted by molar-refractivity contribution is 7.99. The van der Waals surface area contributed by atoms with Crippen molar-refractivity contribution in [2.45, 2.75) is 61.3 Å². The molecule has 29 heavy (non-hydrogen) atoms. The Morgan fingerprint density at radius 2 is 1.93 bits per heavy atom. The first-order valence-corrected chi connectivity index (χ1v) is 10.5. The molecule has 0 saturated carbocycles. The van der Waals surface area contributed by atoms with E-state index in [0.29, 0.717) is 12.8 Å². The number of carbonyl (C=O) groups excluding carboxylic acids is 3. The molecule has 2 heterocycles. The van der Waals surface area contributed by atoms with E-state index in [1.807, 2.05) is 30.3 Å². The van der Waals surface area contributed by atoms with Gasteiger partial charge in [-0.2, -0.15) is 0 Å². The van der Waals surface area contributed by atoms with Crippen LogP contribution >= 0.6 is 11.8 Å². The van der Waals surface area contributed by atoms with E-state index in [-0.39, 0.29) is 30.2 Å². The van der Waals surface area contributed by atoms with Gasteiger partial charge in [0.25, 0.3) is 11.8 Å². The van der Waals surface area contributed by atoms with Crippen LogP contribution in [-0.4, -0.2) is 57.6 Å². The second-order valence-corrected chi connectivity index (χ2v) is 8.67. The van der Waals surface area contributed by atoms with Gasteiger partial charge in [-0.05, 0) is 32.4 Å². The molecule has 7 nitrogen and oxygen atoms in total. The van der Waals surface area contributed by atoms with E-state index in [9.17, 15) is 19.5 Å². The highest BCUT2D eigenvalue weighted by Crippen LogP contribution is 2.38. The van der Waals surface area contributed by atoms with Crippen molar-refractivity contribution in [1.82, 2.24) is 4.90 Å². The van der Waals surface area contributed by atoms with Crippen LogP contribution in [0.5, 0.6) is 0 Å². The predicted octanol–water partition coefficient (Wildman–Crippen LogP) is 2.28. The number of amides is 2. The van der Waals surface area contributed by atoms with Gasteiger partial charge in [0, 0.05) is 36.4 Å². The molecule has 2 aliphatic rings. The molecule has 3 rings (SSSR count). The van der Waals surface area contributed by atoms with Crippen molar-refractivity contribution in [2.24, 2.45) is 0 Å². The normalized spacial score (nSPS) is 29.3. The molecule has 1 aromatic rings. The number of benzene rings is 1. The monoisotopic (exact) mass is 419 g/mol. The highest BCUT2D eigenvalue weighted by atomic mass is 32.2. The Morgan fingerprint density at radius 3 is 2.55 bits per heavy atom. The minimum absolute atomic E-state index is 0.0402. The third kappa shape index (κ3) is 5.46. The lowest BCUT2D eigenvalue weighted by Crippen LogP contribution is -2.55. The average Bonchev–Trinajstić information content (AvgIpc) is 2.97. The van der Waals surface area contributed by atoms with Crippen molar-refractivity contribution >= 4 is 29.5 Å². The van der Waals surface area contributed by atoms with Gasteiger partial charge >= 0.3 is 5.97 Å². The molecule has 4 unspecified atom stereocenters. The second-order valence-electron chi connectivity index (χ2n) is 7.44. The molecule has 0 aromatic heterocycles. The first-order chi connectivity index (χ1) is 13.8. The zero-order chi connectivity index (χ0) is 21.0. The molecule has 1 aromatic carbocycles. The molecule has 8 heteroatoms. The molecule has 0 spiro atoms. The first kappa shape index (κ1) is 21.5. The van der Waals surface area contributed by atoms with Gasteiger partial charge in [-0.15, -0.1) is 0 Å². The molecular formula is C21H25NO6S. The quantitative estimate of drug-likeness (QED) is 0.535. The van der Waals surface area contributed by atoms with Crippen LogP contribution in [0.15, 0.2) is 47.4 Å². The summed E-state index contributed by atoms with van der Waals surface area (Å²) in [6, 6.07) is 9.77. The Morgan fingerprint density at radius 1 is 1.28 bits per heavy atom. The summed E-state index contributed by atoms with van der Waals surface area (Å²) < 4.78 is 11.5. The molecule has 2 amide bonds. The van der Waals surface area contributed by atoms with Crippen LogP contribution in [0.4, 0.5) is 0 Å². The molecule has 0 aliphatic carbocycles. The summed E-state index contributed by atoms with van der Waals surface area (Å²) >= 11 is 1.52. The number of aliphatic hydroxyl groups is 1. The summed E-state index contributed by atoms with van der Waals surface area (Å²) in [5, 5.41) is 10.9. The Kier molecular flexibility index (Phi) is 6.77. The van der Waals surface area contributed by atoms with E-state index in [0.717, 1.165) is 9.80 Å². The van der Waals surface area contributed by atoms with E-state index < -0.39 is 23.8 Å². The van der Waals surface area contributed by atoms with E-state index in [4.69, 9.17) is 9.47 Å². The minimum Gasteiger partial charge on any atom is -0.457 e. The van der Waals surface area contributed by atoms with Gasteiger partial charge in [0.1, 0.15) is 11.0 Å². The smallest absolute Gasteiger partial charge is 0.306 e. The van der Waals surface area contributed by atoms with E-state index in [1.165, 1.54) is 23.9 Å². The van der Waals surface area contributed by atoms with Crippen LogP contribution in [0.3, 0.4) is 0 Å². The van der Waals surface area contributed by atoms with Gasteiger partial charge in [0.05, 0.1) is 6.10 Å². The lowest BCUT2D eigenvalue weighted by atomic mass is 9.89. The molecule has 1 fully saturated rings. The Labute approximate surface area is 174 Å². The molecule has 0 bridgehead atoms. The number of carbonyl (C=O) groups is 3. The number of esters is 1. The number of nitrogens with zero attached hydrogens (tertiary/aromatic N) is 1. The number of ether oxygens (including phenoxy) is 2. The lowest BCUT2D eigenvalue weighted by molar-refractivity contribution is -0.209. The van der Waals surface area contributed by atoms with Gasteiger partial charge in [0.2, 0.25) is 0 Å². The van der Waals surface area contributed by atoms with Crippen molar-refractivity contribution in [3.63, 3.8) is 0 Å². The predicted molar refractivity (Wildman–Crippen MR) is 107 cm³/mol. The van der Waals surface area contributed by atoms with Crippen LogP contribution in [0.2, 0.25) is 0 Å². The standard InChI is InChI=1S/C21H25NO6S/c1-14-20(28-18(25)9-6-12-22-16(23)10-11-17(22)24)21(2,26)13-19(27-14)29-15-7-4-3-5-8-15/h3-5,7-8,10-11,14,19-20,26H,6,9,12-13H2,1-2H3. The van der Waals surface area contributed by atoms with Crippen molar-refractivity contribution in [3.8, 4) is 0 Å². The number of thioether (sulfide) groups is 1. The van der Waals surface area contributed by atoms with E-state index in [1.54, 1.807) is 13.8 Å². The zero-order valence-corrected chi connectivity index (χ0v) is 17.3. The highest BCUT2D eigenvalue weighted by Gasteiger charge is 2.46. The van der Waals surface area contributed by atoms with Gasteiger partial charge in [-0.3, -0.25) is 19.3 Å². The topological polar surface area (TPSA) is 93.1 Å². The maximum atomic E-state index is 12.3. The van der Waals surface area contributed by atoms with E-state index in [2.05, 4.69) is 0 Å². The largest absolute Gasteiger partial charge is 0.457 e. The molecule has 1 N–H and O–H groups in total. The zero-order valence-electron chi connectivity index (χ0n) is 16.4. The van der Waals surface area contributed by atoms with Crippen LogP contribution in [0.1, 0.15) is 33.1 Å². The SMILES string of the molecule is CC1OC(Sc2ccccc2)CC(C)(O)C1OC(=O)CCCN1C(=O)C=CC1=O.